The van der Waals surface area contributed by atoms with Gasteiger partial charge in [0.05, 0.1) is 6.04 Å². The summed E-state index contributed by atoms with van der Waals surface area (Å²) in [7, 11) is 0. The predicted molar refractivity (Wildman–Crippen MR) is 94.1 cm³/mol. The van der Waals surface area contributed by atoms with Crippen LogP contribution in [-0.4, -0.2) is 22.6 Å². The van der Waals surface area contributed by atoms with Crippen LogP contribution in [0.4, 0.5) is 10.6 Å². The van der Waals surface area contributed by atoms with Crippen molar-refractivity contribution in [3.05, 3.63) is 47.2 Å². The molecule has 1 saturated heterocycles. The van der Waals surface area contributed by atoms with Gasteiger partial charge in [0.1, 0.15) is 5.76 Å². The molecule has 0 unspecified atom stereocenters. The Bertz CT molecular complexity index is 713. The first kappa shape index (κ1) is 16.6. The summed E-state index contributed by atoms with van der Waals surface area (Å²) in [6.45, 7) is 9.18. The van der Waals surface area contributed by atoms with Crippen LogP contribution in [0.25, 0.3) is 0 Å². The Kier molecular flexibility index (Phi) is 4.35. The van der Waals surface area contributed by atoms with Crippen molar-refractivity contribution in [2.45, 2.75) is 52.0 Å². The lowest BCUT2D eigenvalue weighted by molar-refractivity contribution is 0.207. The lowest BCUT2D eigenvalue weighted by Gasteiger charge is -2.26. The van der Waals surface area contributed by atoms with Gasteiger partial charge in [0.15, 0.2) is 5.82 Å². The Morgan fingerprint density at radius 2 is 2.00 bits per heavy atom. The molecule has 24 heavy (non-hydrogen) atoms. The Morgan fingerprint density at radius 1 is 1.29 bits per heavy atom. The monoisotopic (exact) mass is 327 g/mol. The Morgan fingerprint density at radius 3 is 2.58 bits per heavy atom. The lowest BCUT2D eigenvalue weighted by atomic mass is 9.86. The molecular weight excluding hydrogens is 302 g/mol. The van der Waals surface area contributed by atoms with E-state index in [0.717, 1.165) is 19.4 Å². The van der Waals surface area contributed by atoms with Gasteiger partial charge in [-0.05, 0) is 36.3 Å². The van der Waals surface area contributed by atoms with Gasteiger partial charge in [0.2, 0.25) is 0 Å². The van der Waals surface area contributed by atoms with E-state index in [1.807, 2.05) is 4.90 Å². The van der Waals surface area contributed by atoms with Crippen LogP contribution in [0.3, 0.4) is 0 Å². The topological polar surface area (TPSA) is 58.4 Å². The zero-order valence-corrected chi connectivity index (χ0v) is 14.8. The van der Waals surface area contributed by atoms with Crippen molar-refractivity contribution in [2.24, 2.45) is 0 Å². The number of nitrogens with zero attached hydrogens (tertiary/aromatic N) is 2. The molecular formula is C19H25N3O2. The lowest BCUT2D eigenvalue weighted by Crippen LogP contribution is -2.34. The van der Waals surface area contributed by atoms with E-state index in [4.69, 9.17) is 4.52 Å². The molecule has 0 saturated carbocycles. The quantitative estimate of drug-likeness (QED) is 0.873. The summed E-state index contributed by atoms with van der Waals surface area (Å²) in [6, 6.07) is 10.4. The number of aromatic nitrogens is 1. The summed E-state index contributed by atoms with van der Waals surface area (Å²) in [6.07, 6.45) is 2.00. The number of carbonyl (C=O) groups excluding carboxylic acids is 1. The second-order valence-corrected chi connectivity index (χ2v) is 7.48. The molecule has 1 fully saturated rings. The second-order valence-electron chi connectivity index (χ2n) is 7.48. The van der Waals surface area contributed by atoms with Gasteiger partial charge >= 0.3 is 6.03 Å². The van der Waals surface area contributed by atoms with Crippen LogP contribution >= 0.6 is 0 Å². The Labute approximate surface area is 143 Å². The second kappa shape index (κ2) is 6.30. The molecule has 1 aliphatic rings. The number of hydrogen-bond acceptors (Lipinski definition) is 3. The maximum Gasteiger partial charge on any atom is 0.323 e. The largest absolute Gasteiger partial charge is 0.360 e. The minimum atomic E-state index is -0.120. The van der Waals surface area contributed by atoms with Gasteiger partial charge in [0.25, 0.3) is 0 Å². The van der Waals surface area contributed by atoms with Crippen LogP contribution in [0.1, 0.15) is 56.5 Å². The number of hydrogen-bond donors (Lipinski definition) is 1. The highest BCUT2D eigenvalue weighted by Gasteiger charge is 2.30. The van der Waals surface area contributed by atoms with Gasteiger partial charge < -0.3 is 9.42 Å². The number of anilines is 1. The van der Waals surface area contributed by atoms with Crippen LogP contribution in [0.15, 0.2) is 34.9 Å². The van der Waals surface area contributed by atoms with Crippen molar-refractivity contribution in [1.29, 1.82) is 0 Å². The molecule has 128 valence electrons. The van der Waals surface area contributed by atoms with Gasteiger partial charge in [-0.1, -0.05) is 50.2 Å². The third-order valence-corrected chi connectivity index (χ3v) is 4.54. The number of amides is 2. The summed E-state index contributed by atoms with van der Waals surface area (Å²) < 4.78 is 5.00. The first-order valence-electron chi connectivity index (χ1n) is 8.46. The van der Waals surface area contributed by atoms with E-state index in [2.05, 4.69) is 55.5 Å². The molecule has 5 heteroatoms. The van der Waals surface area contributed by atoms with Gasteiger partial charge in [-0.3, -0.25) is 5.32 Å². The Balaban J connectivity index is 1.74. The van der Waals surface area contributed by atoms with E-state index < -0.39 is 0 Å². The smallest absolute Gasteiger partial charge is 0.323 e. The van der Waals surface area contributed by atoms with Crippen LogP contribution in [-0.2, 0) is 5.41 Å². The van der Waals surface area contributed by atoms with E-state index in [-0.39, 0.29) is 17.5 Å². The Hall–Kier alpha value is -2.30. The minimum absolute atomic E-state index is 0.118. The van der Waals surface area contributed by atoms with Crippen molar-refractivity contribution in [3.63, 3.8) is 0 Å². The van der Waals surface area contributed by atoms with Gasteiger partial charge in [0, 0.05) is 12.6 Å². The first-order valence-corrected chi connectivity index (χ1v) is 8.46. The first-order chi connectivity index (χ1) is 11.3. The molecule has 1 atom stereocenters. The van der Waals surface area contributed by atoms with E-state index >= 15 is 0 Å². The van der Waals surface area contributed by atoms with Crippen LogP contribution < -0.4 is 5.32 Å². The number of aryl methyl sites for hydroxylation is 1. The normalized spacial score (nSPS) is 18.0. The van der Waals surface area contributed by atoms with Crippen LogP contribution in [0, 0.1) is 6.92 Å². The van der Waals surface area contributed by atoms with Crippen molar-refractivity contribution in [1.82, 2.24) is 10.1 Å². The molecule has 0 aliphatic carbocycles. The molecule has 0 spiro atoms. The van der Waals surface area contributed by atoms with Crippen molar-refractivity contribution in [2.75, 3.05) is 11.9 Å². The summed E-state index contributed by atoms with van der Waals surface area (Å²) in [5, 5.41) is 6.65. The molecule has 3 rings (SSSR count). The molecule has 2 aromatic rings. The number of benzene rings is 1. The molecule has 2 heterocycles. The van der Waals surface area contributed by atoms with E-state index in [9.17, 15) is 4.79 Å². The van der Waals surface area contributed by atoms with Crippen LogP contribution in [0.2, 0.25) is 0 Å². The molecule has 1 aromatic carbocycles. The van der Waals surface area contributed by atoms with Crippen molar-refractivity contribution in [3.8, 4) is 0 Å². The zero-order valence-electron chi connectivity index (χ0n) is 14.8. The fourth-order valence-corrected chi connectivity index (χ4v) is 3.17. The number of likely N-dealkylation sites (tertiary alicyclic amines) is 1. The predicted octanol–water partition coefficient (Wildman–Crippen LogP) is 4.65. The maximum atomic E-state index is 12.6. The minimum Gasteiger partial charge on any atom is -0.360 e. The zero-order chi connectivity index (χ0) is 17.3. The molecule has 0 radical (unpaired) electrons. The molecule has 1 N–H and O–H groups in total. The average molecular weight is 327 g/mol. The van der Waals surface area contributed by atoms with Crippen molar-refractivity contribution < 1.29 is 9.32 Å². The number of rotatable bonds is 2. The van der Waals surface area contributed by atoms with Crippen molar-refractivity contribution >= 4 is 11.8 Å². The summed E-state index contributed by atoms with van der Waals surface area (Å²) in [4.78, 5) is 14.5. The highest BCUT2D eigenvalue weighted by atomic mass is 16.5. The van der Waals surface area contributed by atoms with E-state index in [1.54, 1.807) is 13.0 Å². The highest BCUT2D eigenvalue weighted by molar-refractivity contribution is 5.88. The summed E-state index contributed by atoms with van der Waals surface area (Å²) >= 11 is 0. The molecule has 1 aromatic heterocycles. The number of urea groups is 1. The molecule has 1 aliphatic heterocycles. The van der Waals surface area contributed by atoms with E-state index in [0.29, 0.717) is 11.6 Å². The van der Waals surface area contributed by atoms with Gasteiger partial charge in [-0.2, -0.15) is 0 Å². The summed E-state index contributed by atoms with van der Waals surface area (Å²) in [5.41, 5.74) is 2.63. The number of nitrogens with one attached hydrogen (secondary N) is 1. The third-order valence-electron chi connectivity index (χ3n) is 4.54. The standard InChI is InChI=1S/C19H25N3O2/c1-13-12-17(21-24-13)20-18(23)22-11-5-6-16(22)14-7-9-15(10-8-14)19(2,3)4/h7-10,12,16H,5-6,11H2,1-4H3,(H,20,21,23)/t16-/m0/s1. The van der Waals surface area contributed by atoms with E-state index in [1.165, 1.54) is 11.1 Å². The fourth-order valence-electron chi connectivity index (χ4n) is 3.17. The van der Waals surface area contributed by atoms with Gasteiger partial charge in [-0.25, -0.2) is 4.79 Å². The average Bonchev–Trinajstić information content (AvgIpc) is 3.15. The molecule has 5 nitrogen and oxygen atoms in total. The summed E-state index contributed by atoms with van der Waals surface area (Å²) in [5.74, 6) is 1.15. The number of carbonyl (C=O) groups is 1. The SMILES string of the molecule is Cc1cc(NC(=O)N2CCC[C@H]2c2ccc(C(C)(C)C)cc2)no1. The van der Waals surface area contributed by atoms with Gasteiger partial charge in [-0.15, -0.1) is 0 Å². The highest BCUT2D eigenvalue weighted by Crippen LogP contribution is 2.33. The third kappa shape index (κ3) is 3.45. The van der Waals surface area contributed by atoms with Crippen LogP contribution in [0.5, 0.6) is 0 Å². The molecule has 2 amide bonds. The fraction of sp³-hybridized carbons (Fsp3) is 0.474. The maximum absolute atomic E-state index is 12.6. The molecule has 0 bridgehead atoms.